The molecule has 0 atom stereocenters. The normalized spacial score (nSPS) is 12.0. The Morgan fingerprint density at radius 2 is 2.08 bits per heavy atom. The lowest BCUT2D eigenvalue weighted by Gasteiger charge is -2.11. The van der Waals surface area contributed by atoms with E-state index in [0.717, 1.165) is 20.7 Å². The lowest BCUT2D eigenvalue weighted by molar-refractivity contribution is 0.375. The van der Waals surface area contributed by atoms with E-state index in [1.807, 2.05) is 20.8 Å². The summed E-state index contributed by atoms with van der Waals surface area (Å²) >= 11 is 7.40. The third-order valence-corrected chi connectivity index (χ3v) is 4.71. The Balaban J connectivity index is 2.27. The number of hydrogen-bond acceptors (Lipinski definition) is 5. The van der Waals surface area contributed by atoms with Crippen molar-refractivity contribution in [3.8, 4) is 5.69 Å². The summed E-state index contributed by atoms with van der Waals surface area (Å²) in [6.45, 7) is 9.73. The van der Waals surface area contributed by atoms with E-state index in [4.69, 9.17) is 16.0 Å². The summed E-state index contributed by atoms with van der Waals surface area (Å²) < 4.78 is 8.68. The number of hydrogen-bond donors (Lipinski definition) is 0. The number of nitrogens with zero attached hydrogens (tertiary/aromatic N) is 3. The van der Waals surface area contributed by atoms with E-state index < -0.39 is 11.2 Å². The van der Waals surface area contributed by atoms with Crippen LogP contribution in [0.5, 0.6) is 0 Å². The van der Waals surface area contributed by atoms with Crippen molar-refractivity contribution in [3.05, 3.63) is 55.9 Å². The second-order valence-electron chi connectivity index (χ2n) is 6.37. The maximum atomic E-state index is 12.2. The van der Waals surface area contributed by atoms with Crippen LogP contribution in [-0.2, 0) is 12.0 Å². The van der Waals surface area contributed by atoms with Crippen molar-refractivity contribution < 1.29 is 4.42 Å². The fraction of sp³-hybridized carbons (Fsp3) is 0.312. The predicted octanol–water partition coefficient (Wildman–Crippen LogP) is 3.34. The van der Waals surface area contributed by atoms with Crippen LogP contribution < -0.4 is 10.6 Å². The molecule has 0 spiro atoms. The zero-order valence-electron chi connectivity index (χ0n) is 13.5. The first-order chi connectivity index (χ1) is 11.2. The van der Waals surface area contributed by atoms with Crippen LogP contribution in [0.15, 0.2) is 38.8 Å². The molecule has 6 nitrogen and oxygen atoms in total. The van der Waals surface area contributed by atoms with Gasteiger partial charge in [0.15, 0.2) is 0 Å². The molecule has 0 saturated heterocycles. The van der Waals surface area contributed by atoms with E-state index in [2.05, 4.69) is 11.7 Å². The SMILES string of the molecule is C=CCn1c(=O)sc2cc(Cl)c(-n3nc(C(C)(C)C)oc3=O)cc21. The summed E-state index contributed by atoms with van der Waals surface area (Å²) in [6.07, 6.45) is 1.64. The van der Waals surface area contributed by atoms with Crippen molar-refractivity contribution in [2.24, 2.45) is 0 Å². The quantitative estimate of drug-likeness (QED) is 0.667. The molecular weight excluding hydrogens is 350 g/mol. The summed E-state index contributed by atoms with van der Waals surface area (Å²) in [6, 6.07) is 3.34. The van der Waals surface area contributed by atoms with E-state index in [1.165, 1.54) is 0 Å². The Hall–Kier alpha value is -2.12. The van der Waals surface area contributed by atoms with Crippen LogP contribution >= 0.6 is 22.9 Å². The highest BCUT2D eigenvalue weighted by Crippen LogP contribution is 2.28. The third-order valence-electron chi connectivity index (χ3n) is 3.47. The average Bonchev–Trinajstić information content (AvgIpc) is 2.99. The number of rotatable bonds is 3. The lowest BCUT2D eigenvalue weighted by Crippen LogP contribution is -2.15. The minimum atomic E-state index is -0.617. The standard InChI is InChI=1S/C16H16ClN3O3S/c1-5-6-19-11-8-10(9(17)7-12(11)24-15(19)22)20-14(21)23-13(18-20)16(2,3)4/h5,7-8H,1,6H2,2-4H3. The fourth-order valence-corrected chi connectivity index (χ4v) is 3.50. The van der Waals surface area contributed by atoms with Crippen LogP contribution in [0.25, 0.3) is 15.9 Å². The molecule has 0 fully saturated rings. The van der Waals surface area contributed by atoms with Crippen molar-refractivity contribution in [1.29, 1.82) is 0 Å². The predicted molar refractivity (Wildman–Crippen MR) is 95.7 cm³/mol. The first-order valence-corrected chi connectivity index (χ1v) is 8.46. The molecule has 0 unspecified atom stereocenters. The van der Waals surface area contributed by atoms with E-state index in [9.17, 15) is 9.59 Å². The monoisotopic (exact) mass is 365 g/mol. The van der Waals surface area contributed by atoms with Gasteiger partial charge in [-0.2, -0.15) is 4.68 Å². The largest absolute Gasteiger partial charge is 0.442 e. The van der Waals surface area contributed by atoms with Gasteiger partial charge in [-0.1, -0.05) is 49.8 Å². The van der Waals surface area contributed by atoms with Gasteiger partial charge in [-0.15, -0.1) is 11.7 Å². The molecule has 0 N–H and O–H groups in total. The molecule has 2 aromatic heterocycles. The Labute approximate surface area is 146 Å². The second kappa shape index (κ2) is 5.75. The van der Waals surface area contributed by atoms with Gasteiger partial charge in [0.1, 0.15) is 0 Å². The zero-order chi connectivity index (χ0) is 17.6. The average molecular weight is 366 g/mol. The summed E-state index contributed by atoms with van der Waals surface area (Å²) in [5, 5.41) is 4.57. The van der Waals surface area contributed by atoms with E-state index in [-0.39, 0.29) is 4.87 Å². The number of halogens is 1. The van der Waals surface area contributed by atoms with Gasteiger partial charge < -0.3 is 4.42 Å². The molecule has 8 heteroatoms. The Kier molecular flexibility index (Phi) is 4.01. The molecule has 3 aromatic rings. The summed E-state index contributed by atoms with van der Waals surface area (Å²) in [4.78, 5) is 24.2. The summed E-state index contributed by atoms with van der Waals surface area (Å²) in [7, 11) is 0. The molecule has 1 aromatic carbocycles. The van der Waals surface area contributed by atoms with Crippen molar-refractivity contribution in [2.45, 2.75) is 32.7 Å². The lowest BCUT2D eigenvalue weighted by atomic mass is 9.97. The molecule has 0 aliphatic carbocycles. The topological polar surface area (TPSA) is 70.0 Å². The van der Waals surface area contributed by atoms with Crippen LogP contribution in [0, 0.1) is 0 Å². The van der Waals surface area contributed by atoms with Crippen molar-refractivity contribution in [1.82, 2.24) is 14.3 Å². The number of aromatic nitrogens is 3. The highest BCUT2D eigenvalue weighted by atomic mass is 35.5. The van der Waals surface area contributed by atoms with Gasteiger partial charge in [0, 0.05) is 12.0 Å². The number of allylic oxidation sites excluding steroid dienone is 1. The number of thiazole rings is 1. The van der Waals surface area contributed by atoms with Gasteiger partial charge in [-0.25, -0.2) is 4.79 Å². The Morgan fingerprint density at radius 3 is 2.67 bits per heavy atom. The maximum absolute atomic E-state index is 12.2. The first kappa shape index (κ1) is 16.7. The molecule has 0 bridgehead atoms. The van der Waals surface area contributed by atoms with Gasteiger partial charge in [0.25, 0.3) is 0 Å². The molecule has 3 rings (SSSR count). The van der Waals surface area contributed by atoms with Crippen LogP contribution in [0.4, 0.5) is 0 Å². The van der Waals surface area contributed by atoms with E-state index >= 15 is 0 Å². The molecule has 0 amide bonds. The molecule has 126 valence electrons. The van der Waals surface area contributed by atoms with Crippen molar-refractivity contribution in [3.63, 3.8) is 0 Å². The van der Waals surface area contributed by atoms with Crippen LogP contribution in [-0.4, -0.2) is 14.3 Å². The molecule has 0 saturated carbocycles. The van der Waals surface area contributed by atoms with Gasteiger partial charge in [0.05, 0.1) is 20.9 Å². The van der Waals surface area contributed by atoms with Crippen LogP contribution in [0.2, 0.25) is 5.02 Å². The highest BCUT2D eigenvalue weighted by Gasteiger charge is 2.24. The van der Waals surface area contributed by atoms with E-state index in [1.54, 1.807) is 22.8 Å². The Morgan fingerprint density at radius 1 is 1.38 bits per heavy atom. The minimum absolute atomic E-state index is 0.110. The first-order valence-electron chi connectivity index (χ1n) is 7.27. The zero-order valence-corrected chi connectivity index (χ0v) is 15.1. The fourth-order valence-electron chi connectivity index (χ4n) is 2.27. The highest BCUT2D eigenvalue weighted by molar-refractivity contribution is 7.16. The Bertz CT molecular complexity index is 1050. The third kappa shape index (κ3) is 2.74. The van der Waals surface area contributed by atoms with Crippen molar-refractivity contribution >= 4 is 33.2 Å². The van der Waals surface area contributed by atoms with Crippen LogP contribution in [0.3, 0.4) is 0 Å². The smallest absolute Gasteiger partial charge is 0.391 e. The number of benzene rings is 1. The maximum Gasteiger partial charge on any atom is 0.442 e. The summed E-state index contributed by atoms with van der Waals surface area (Å²) in [5.74, 6) is -0.300. The number of fused-ring (bicyclic) bond motifs is 1. The van der Waals surface area contributed by atoms with Crippen LogP contribution in [0.1, 0.15) is 26.7 Å². The molecule has 0 aliphatic heterocycles. The van der Waals surface area contributed by atoms with Gasteiger partial charge in [0.2, 0.25) is 5.89 Å². The molecule has 0 radical (unpaired) electrons. The van der Waals surface area contributed by atoms with Crippen molar-refractivity contribution in [2.75, 3.05) is 0 Å². The van der Waals surface area contributed by atoms with Gasteiger partial charge >= 0.3 is 10.6 Å². The minimum Gasteiger partial charge on any atom is -0.391 e. The summed E-state index contributed by atoms with van der Waals surface area (Å²) in [5.41, 5.74) is 0.648. The molecule has 0 aliphatic rings. The molecule has 2 heterocycles. The molecule has 24 heavy (non-hydrogen) atoms. The molecular formula is C16H16ClN3O3S. The van der Waals surface area contributed by atoms with E-state index in [0.29, 0.717) is 28.7 Å². The van der Waals surface area contributed by atoms with Gasteiger partial charge in [-0.3, -0.25) is 9.36 Å². The second-order valence-corrected chi connectivity index (χ2v) is 7.77. The van der Waals surface area contributed by atoms with Gasteiger partial charge in [-0.05, 0) is 12.1 Å².